The van der Waals surface area contributed by atoms with E-state index in [1.54, 1.807) is 7.05 Å². The second-order valence-corrected chi connectivity index (χ2v) is 5.33. The first-order valence-corrected chi connectivity index (χ1v) is 7.52. The molecule has 0 fully saturated rings. The maximum Gasteiger partial charge on any atom is 0.321 e. The Labute approximate surface area is 136 Å². The number of carbonyl (C=O) groups is 1. The van der Waals surface area contributed by atoms with Gasteiger partial charge in [0.1, 0.15) is 0 Å². The van der Waals surface area contributed by atoms with E-state index in [1.807, 2.05) is 60.7 Å². The highest BCUT2D eigenvalue weighted by Gasteiger charge is 2.14. The standard InChI is InChI=1S/C18H22N2O3/c1-20(18(22)19-16-10-6-3-7-11-16)12-17(21)14-23-13-15-8-4-2-5-9-15/h2-11,17,21H,12-14H2,1H3,(H,19,22). The number of nitrogens with zero attached hydrogens (tertiary/aromatic N) is 1. The SMILES string of the molecule is CN(CC(O)COCc1ccccc1)C(=O)Nc1ccccc1. The Hall–Kier alpha value is -2.37. The van der Waals surface area contributed by atoms with Crippen LogP contribution in [0.5, 0.6) is 0 Å². The molecule has 0 heterocycles. The quantitative estimate of drug-likeness (QED) is 0.826. The highest BCUT2D eigenvalue weighted by molar-refractivity contribution is 5.89. The van der Waals surface area contributed by atoms with Crippen LogP contribution >= 0.6 is 0 Å². The summed E-state index contributed by atoms with van der Waals surface area (Å²) in [6, 6.07) is 18.7. The van der Waals surface area contributed by atoms with Crippen molar-refractivity contribution in [1.29, 1.82) is 0 Å². The molecule has 2 aromatic rings. The van der Waals surface area contributed by atoms with Gasteiger partial charge in [-0.05, 0) is 17.7 Å². The lowest BCUT2D eigenvalue weighted by Crippen LogP contribution is -2.38. The minimum atomic E-state index is -0.731. The molecular formula is C18H22N2O3. The number of aliphatic hydroxyl groups excluding tert-OH is 1. The van der Waals surface area contributed by atoms with Crippen LogP contribution in [-0.4, -0.2) is 42.3 Å². The predicted molar refractivity (Wildman–Crippen MR) is 90.2 cm³/mol. The molecule has 0 saturated carbocycles. The topological polar surface area (TPSA) is 61.8 Å². The molecule has 2 rings (SSSR count). The zero-order valence-electron chi connectivity index (χ0n) is 13.2. The molecule has 0 saturated heterocycles. The van der Waals surface area contributed by atoms with Crippen molar-refractivity contribution in [2.75, 3.05) is 25.5 Å². The highest BCUT2D eigenvalue weighted by atomic mass is 16.5. The van der Waals surface area contributed by atoms with E-state index in [0.29, 0.717) is 6.61 Å². The normalized spacial score (nSPS) is 11.7. The number of carbonyl (C=O) groups excluding carboxylic acids is 1. The van der Waals surface area contributed by atoms with Crippen molar-refractivity contribution in [3.63, 3.8) is 0 Å². The average molecular weight is 314 g/mol. The number of nitrogens with one attached hydrogen (secondary N) is 1. The summed E-state index contributed by atoms with van der Waals surface area (Å²) in [4.78, 5) is 13.4. The fourth-order valence-corrected chi connectivity index (χ4v) is 2.08. The van der Waals surface area contributed by atoms with Gasteiger partial charge in [0.25, 0.3) is 0 Å². The van der Waals surface area contributed by atoms with E-state index >= 15 is 0 Å². The lowest BCUT2D eigenvalue weighted by Gasteiger charge is -2.21. The Bertz CT molecular complexity index is 590. The first-order valence-electron chi connectivity index (χ1n) is 7.52. The number of likely N-dealkylation sites (N-methyl/N-ethyl adjacent to an activating group) is 1. The summed E-state index contributed by atoms with van der Waals surface area (Å²) >= 11 is 0. The lowest BCUT2D eigenvalue weighted by atomic mass is 10.2. The molecule has 2 N–H and O–H groups in total. The first kappa shape index (κ1) is 17.0. The Morgan fingerprint density at radius 3 is 2.39 bits per heavy atom. The summed E-state index contributed by atoms with van der Waals surface area (Å²) in [5, 5.41) is 12.7. The van der Waals surface area contributed by atoms with E-state index in [-0.39, 0.29) is 19.2 Å². The number of para-hydroxylation sites is 1. The van der Waals surface area contributed by atoms with E-state index in [2.05, 4.69) is 5.32 Å². The third kappa shape index (κ3) is 6.10. The van der Waals surface area contributed by atoms with Gasteiger partial charge in [0.15, 0.2) is 0 Å². The van der Waals surface area contributed by atoms with E-state index in [0.717, 1.165) is 11.3 Å². The Balaban J connectivity index is 1.69. The third-order valence-electron chi connectivity index (χ3n) is 3.28. The Morgan fingerprint density at radius 2 is 1.74 bits per heavy atom. The van der Waals surface area contributed by atoms with Crippen LogP contribution in [0.4, 0.5) is 10.5 Å². The fourth-order valence-electron chi connectivity index (χ4n) is 2.08. The molecule has 5 nitrogen and oxygen atoms in total. The van der Waals surface area contributed by atoms with Crippen molar-refractivity contribution >= 4 is 11.7 Å². The van der Waals surface area contributed by atoms with E-state index in [1.165, 1.54) is 4.90 Å². The Morgan fingerprint density at radius 1 is 1.13 bits per heavy atom. The molecule has 0 aliphatic heterocycles. The van der Waals surface area contributed by atoms with Gasteiger partial charge in [-0.3, -0.25) is 0 Å². The average Bonchev–Trinajstić information content (AvgIpc) is 2.56. The monoisotopic (exact) mass is 314 g/mol. The van der Waals surface area contributed by atoms with Gasteiger partial charge in [0.2, 0.25) is 0 Å². The van der Waals surface area contributed by atoms with E-state index in [4.69, 9.17) is 4.74 Å². The number of aliphatic hydroxyl groups is 1. The zero-order chi connectivity index (χ0) is 16.5. The summed E-state index contributed by atoms with van der Waals surface area (Å²) in [5.41, 5.74) is 1.77. The molecule has 0 radical (unpaired) electrons. The van der Waals surface area contributed by atoms with Gasteiger partial charge in [-0.15, -0.1) is 0 Å². The molecular weight excluding hydrogens is 292 g/mol. The molecule has 1 unspecified atom stereocenters. The minimum Gasteiger partial charge on any atom is -0.389 e. The van der Waals surface area contributed by atoms with Crippen LogP contribution < -0.4 is 5.32 Å². The maximum absolute atomic E-state index is 12.0. The summed E-state index contributed by atoms with van der Waals surface area (Å²) < 4.78 is 5.47. The molecule has 0 aromatic heterocycles. The van der Waals surface area contributed by atoms with E-state index < -0.39 is 6.10 Å². The van der Waals surface area contributed by atoms with Crippen molar-refractivity contribution in [3.8, 4) is 0 Å². The van der Waals surface area contributed by atoms with Crippen LogP contribution in [0.2, 0.25) is 0 Å². The molecule has 2 amide bonds. The number of hydrogen-bond donors (Lipinski definition) is 2. The molecule has 122 valence electrons. The molecule has 0 spiro atoms. The third-order valence-corrected chi connectivity index (χ3v) is 3.28. The number of benzene rings is 2. The van der Waals surface area contributed by atoms with Crippen molar-refractivity contribution in [2.45, 2.75) is 12.7 Å². The number of rotatable bonds is 7. The number of urea groups is 1. The van der Waals surface area contributed by atoms with Crippen molar-refractivity contribution in [2.24, 2.45) is 0 Å². The van der Waals surface area contributed by atoms with Crippen LogP contribution in [0.25, 0.3) is 0 Å². The van der Waals surface area contributed by atoms with Gasteiger partial charge in [-0.25, -0.2) is 4.79 Å². The fraction of sp³-hybridized carbons (Fsp3) is 0.278. The molecule has 0 bridgehead atoms. The van der Waals surface area contributed by atoms with Crippen molar-refractivity contribution in [3.05, 3.63) is 66.2 Å². The van der Waals surface area contributed by atoms with Gasteiger partial charge >= 0.3 is 6.03 Å². The first-order chi connectivity index (χ1) is 11.1. The molecule has 0 aliphatic rings. The van der Waals surface area contributed by atoms with Gasteiger partial charge in [0, 0.05) is 12.7 Å². The summed E-state index contributed by atoms with van der Waals surface area (Å²) in [5.74, 6) is 0. The second kappa shape index (κ2) is 8.92. The van der Waals surface area contributed by atoms with Crippen LogP contribution in [-0.2, 0) is 11.3 Å². The number of hydrogen-bond acceptors (Lipinski definition) is 3. The largest absolute Gasteiger partial charge is 0.389 e. The Kier molecular flexibility index (Phi) is 6.59. The van der Waals surface area contributed by atoms with Gasteiger partial charge < -0.3 is 20.1 Å². The van der Waals surface area contributed by atoms with Crippen molar-refractivity contribution in [1.82, 2.24) is 4.90 Å². The van der Waals surface area contributed by atoms with Gasteiger partial charge in [-0.2, -0.15) is 0 Å². The molecule has 0 aliphatic carbocycles. The highest BCUT2D eigenvalue weighted by Crippen LogP contribution is 2.06. The van der Waals surface area contributed by atoms with Crippen LogP contribution in [0.15, 0.2) is 60.7 Å². The number of anilines is 1. The van der Waals surface area contributed by atoms with Crippen LogP contribution in [0, 0.1) is 0 Å². The summed E-state index contributed by atoms with van der Waals surface area (Å²) in [6.07, 6.45) is -0.731. The summed E-state index contributed by atoms with van der Waals surface area (Å²) in [7, 11) is 1.64. The number of amides is 2. The smallest absolute Gasteiger partial charge is 0.321 e. The van der Waals surface area contributed by atoms with Crippen LogP contribution in [0.3, 0.4) is 0 Å². The van der Waals surface area contributed by atoms with Gasteiger partial charge in [-0.1, -0.05) is 48.5 Å². The number of ether oxygens (including phenoxy) is 1. The van der Waals surface area contributed by atoms with Crippen molar-refractivity contribution < 1.29 is 14.6 Å². The second-order valence-electron chi connectivity index (χ2n) is 5.33. The minimum absolute atomic E-state index is 0.178. The predicted octanol–water partition coefficient (Wildman–Crippen LogP) is 2.73. The lowest BCUT2D eigenvalue weighted by molar-refractivity contribution is 0.0188. The maximum atomic E-state index is 12.0. The molecule has 5 heteroatoms. The van der Waals surface area contributed by atoms with Crippen LogP contribution in [0.1, 0.15) is 5.56 Å². The zero-order valence-corrected chi connectivity index (χ0v) is 13.2. The van der Waals surface area contributed by atoms with Gasteiger partial charge in [0.05, 0.1) is 25.9 Å². The van der Waals surface area contributed by atoms with E-state index in [9.17, 15) is 9.90 Å². The molecule has 2 aromatic carbocycles. The summed E-state index contributed by atoms with van der Waals surface area (Å²) in [6.45, 7) is 0.823. The molecule has 1 atom stereocenters. The molecule has 23 heavy (non-hydrogen) atoms.